The average molecular weight is 568 g/mol. The van der Waals surface area contributed by atoms with E-state index in [1.165, 1.54) is 0 Å². The van der Waals surface area contributed by atoms with Gasteiger partial charge in [-0.3, -0.25) is 0 Å². The van der Waals surface area contributed by atoms with Gasteiger partial charge in [-0.15, -0.1) is 0 Å². The van der Waals surface area contributed by atoms with Gasteiger partial charge in [0.25, 0.3) is 0 Å². The van der Waals surface area contributed by atoms with E-state index in [1.54, 1.807) is 0 Å². The number of para-hydroxylation sites is 1. The topological polar surface area (TPSA) is 46.5 Å². The second-order valence-electron chi connectivity index (χ2n) is 6.44. The molecule has 3 nitrogen and oxygen atoms in total. The minimum absolute atomic E-state index is 0.328. The molecule has 20 heteroatoms. The molecule has 0 heterocycles. The van der Waals surface area contributed by atoms with Crippen LogP contribution in [-0.4, -0.2) is 52.8 Å². The van der Waals surface area contributed by atoms with Crippen LogP contribution in [0.15, 0.2) is 36.1 Å². The molecule has 1 N–H and O–H groups in total. The van der Waals surface area contributed by atoms with Gasteiger partial charge >= 0.3 is 53.7 Å². The third kappa shape index (κ3) is 4.37. The Morgan fingerprint density at radius 3 is 1.44 bits per heavy atom. The number of hydrogen-bond acceptors (Lipinski definition) is 2. The van der Waals surface area contributed by atoms with E-state index in [-0.39, 0.29) is 0 Å². The zero-order valence-electron chi connectivity index (χ0n) is 16.0. The fraction of sp³-hybridized carbons (Fsp3) is 0.438. The van der Waals surface area contributed by atoms with Gasteiger partial charge in [0.15, 0.2) is 0 Å². The predicted molar refractivity (Wildman–Crippen MR) is 79.0 cm³/mol. The monoisotopic (exact) mass is 568 g/mol. The molecule has 0 amide bonds. The number of allylic oxidation sites excluding steroid dienone is 1. The van der Waals surface area contributed by atoms with Crippen molar-refractivity contribution in [2.45, 2.75) is 41.7 Å². The van der Waals surface area contributed by atoms with Crippen LogP contribution in [-0.2, 0) is 0 Å². The van der Waals surface area contributed by atoms with Crippen LogP contribution in [0.2, 0.25) is 0 Å². The van der Waals surface area contributed by atoms with Gasteiger partial charge in [0.2, 0.25) is 5.83 Å². The number of carboxylic acids is 1. The normalized spacial score (nSPS) is 15.5. The minimum Gasteiger partial charge on any atom is -0.478 e. The van der Waals surface area contributed by atoms with Gasteiger partial charge in [0, 0.05) is 0 Å². The van der Waals surface area contributed by atoms with E-state index >= 15 is 0 Å². The van der Waals surface area contributed by atoms with Crippen molar-refractivity contribution in [2.75, 3.05) is 0 Å². The van der Waals surface area contributed by atoms with E-state index in [9.17, 15) is 79.4 Å². The van der Waals surface area contributed by atoms with Gasteiger partial charge in [-0.1, -0.05) is 12.1 Å². The Morgan fingerprint density at radius 2 is 1.03 bits per heavy atom. The molecular formula is C16H5F17O3. The number of carbonyl (C=O) groups is 1. The fourth-order valence-corrected chi connectivity index (χ4v) is 2.10. The quantitative estimate of drug-likeness (QED) is 0.252. The summed E-state index contributed by atoms with van der Waals surface area (Å²) in [5.41, 5.74) is -1.22. The van der Waals surface area contributed by atoms with Crippen molar-refractivity contribution < 1.29 is 89.3 Å². The van der Waals surface area contributed by atoms with Crippen LogP contribution in [0.4, 0.5) is 74.6 Å². The first-order valence-corrected chi connectivity index (χ1v) is 8.13. The third-order valence-electron chi connectivity index (χ3n) is 4.09. The maximum absolute atomic E-state index is 13.7. The Bertz CT molecular complexity index is 1020. The highest BCUT2D eigenvalue weighted by atomic mass is 19.4. The summed E-state index contributed by atoms with van der Waals surface area (Å²) < 4.78 is 227. The van der Waals surface area contributed by atoms with E-state index < -0.39 is 70.8 Å². The molecule has 0 bridgehead atoms. The summed E-state index contributed by atoms with van der Waals surface area (Å²) >= 11 is 0. The molecule has 0 saturated carbocycles. The molecule has 0 fully saturated rings. The summed E-state index contributed by atoms with van der Waals surface area (Å²) in [5.74, 6) is -58.3. The van der Waals surface area contributed by atoms with Crippen LogP contribution >= 0.6 is 0 Å². The molecule has 0 unspecified atom stereocenters. The number of carboxylic acid groups (broad SMARTS) is 1. The maximum atomic E-state index is 13.7. The van der Waals surface area contributed by atoms with Crippen LogP contribution < -0.4 is 4.74 Å². The number of aromatic carboxylic acids is 1. The molecule has 0 aliphatic heterocycles. The Morgan fingerprint density at radius 1 is 0.639 bits per heavy atom. The lowest BCUT2D eigenvalue weighted by Gasteiger charge is -2.41. The largest absolute Gasteiger partial charge is 0.478 e. The lowest BCUT2D eigenvalue weighted by Crippen LogP contribution is -2.72. The predicted octanol–water partition coefficient (Wildman–Crippen LogP) is 7.25. The van der Waals surface area contributed by atoms with E-state index in [0.29, 0.717) is 12.1 Å². The second kappa shape index (κ2) is 8.86. The molecule has 1 rings (SSSR count). The second-order valence-corrected chi connectivity index (χ2v) is 6.44. The van der Waals surface area contributed by atoms with Crippen molar-refractivity contribution in [3.05, 3.63) is 41.7 Å². The fourth-order valence-electron chi connectivity index (χ4n) is 2.10. The highest BCUT2D eigenvalue weighted by Gasteiger charge is 2.93. The maximum Gasteiger partial charge on any atom is 0.460 e. The number of halogens is 17. The smallest absolute Gasteiger partial charge is 0.460 e. The Labute approximate surface area is 185 Å². The molecule has 0 aromatic heterocycles. The van der Waals surface area contributed by atoms with Crippen molar-refractivity contribution >= 4 is 5.97 Å². The van der Waals surface area contributed by atoms with Gasteiger partial charge < -0.3 is 9.84 Å². The summed E-state index contributed by atoms with van der Waals surface area (Å²) in [6.07, 6.45) is -7.82. The van der Waals surface area contributed by atoms with Gasteiger partial charge in [-0.05, 0) is 12.1 Å². The molecule has 0 radical (unpaired) electrons. The highest BCUT2D eigenvalue weighted by molar-refractivity contribution is 5.90. The van der Waals surface area contributed by atoms with Crippen molar-refractivity contribution in [2.24, 2.45) is 0 Å². The van der Waals surface area contributed by atoms with Crippen molar-refractivity contribution in [3.63, 3.8) is 0 Å². The molecule has 36 heavy (non-hydrogen) atoms. The van der Waals surface area contributed by atoms with Crippen LogP contribution in [0.3, 0.4) is 0 Å². The molecule has 0 spiro atoms. The minimum atomic E-state index is -8.69. The molecule has 0 aliphatic rings. The molecule has 206 valence electrons. The lowest BCUT2D eigenvalue weighted by atomic mass is 9.91. The van der Waals surface area contributed by atoms with E-state index in [0.717, 1.165) is 12.1 Å². The zero-order valence-corrected chi connectivity index (χ0v) is 16.0. The van der Waals surface area contributed by atoms with Gasteiger partial charge in [0.1, 0.15) is 11.3 Å². The van der Waals surface area contributed by atoms with E-state index in [2.05, 4.69) is 4.74 Å². The van der Waals surface area contributed by atoms with Gasteiger partial charge in [-0.2, -0.15) is 74.6 Å². The van der Waals surface area contributed by atoms with Crippen molar-refractivity contribution in [1.82, 2.24) is 0 Å². The first-order chi connectivity index (χ1) is 15.7. The lowest BCUT2D eigenvalue weighted by molar-refractivity contribution is -0.451. The SMILES string of the molecule is O=C(O)c1ccccc1OC(F)=C(F)C(F)(F)C(F)(F)C(F)(F)C(F)(F)C(F)(F)C(F)(F)C(F)(F)F. The molecule has 0 saturated heterocycles. The summed E-state index contributed by atoms with van der Waals surface area (Å²) in [6, 6.07) is -1.35. The molecular weight excluding hydrogens is 563 g/mol. The van der Waals surface area contributed by atoms with Crippen LogP contribution in [0, 0.1) is 0 Å². The first kappa shape index (κ1) is 31.1. The van der Waals surface area contributed by atoms with Crippen molar-refractivity contribution in [1.29, 1.82) is 0 Å². The Kier molecular flexibility index (Phi) is 7.64. The molecule has 0 atom stereocenters. The number of rotatable bonds is 9. The summed E-state index contributed by atoms with van der Waals surface area (Å²) in [4.78, 5) is 10.8. The average Bonchev–Trinajstić information content (AvgIpc) is 2.71. The molecule has 1 aromatic carbocycles. The van der Waals surface area contributed by atoms with Gasteiger partial charge in [0.05, 0.1) is 0 Å². The van der Waals surface area contributed by atoms with Gasteiger partial charge in [-0.25, -0.2) is 4.79 Å². The number of ether oxygens (including phenoxy) is 1. The first-order valence-electron chi connectivity index (χ1n) is 8.13. The van der Waals surface area contributed by atoms with Crippen LogP contribution in [0.25, 0.3) is 0 Å². The standard InChI is InChI=1S/C16H5F17O3/c17-7(8(18)36-6-4-2-1-3-5(6)9(34)35)10(19,20)11(21,22)12(23,24)13(25,26)14(27,28)15(29,30)16(31,32)33/h1-4H,(H,34,35). The van der Waals surface area contributed by atoms with Crippen molar-refractivity contribution in [3.8, 4) is 5.75 Å². The van der Waals surface area contributed by atoms with Crippen LogP contribution in [0.1, 0.15) is 10.4 Å². The summed E-state index contributed by atoms with van der Waals surface area (Å²) in [6.45, 7) is 0. The highest BCUT2D eigenvalue weighted by Crippen LogP contribution is 2.63. The third-order valence-corrected chi connectivity index (χ3v) is 4.09. The number of hydrogen-bond donors (Lipinski definition) is 1. The summed E-state index contributed by atoms with van der Waals surface area (Å²) in [5, 5.41) is 8.73. The molecule has 1 aromatic rings. The molecule has 0 aliphatic carbocycles. The summed E-state index contributed by atoms with van der Waals surface area (Å²) in [7, 11) is 0. The Balaban J connectivity index is 3.64. The zero-order chi connectivity index (χ0) is 28.9. The van der Waals surface area contributed by atoms with E-state index in [4.69, 9.17) is 5.11 Å². The van der Waals surface area contributed by atoms with E-state index in [1.807, 2.05) is 0 Å². The number of alkyl halides is 15. The number of benzene rings is 1. The van der Waals surface area contributed by atoms with Crippen LogP contribution in [0.5, 0.6) is 5.75 Å². The Hall–Kier alpha value is -2.96.